The SMILES string of the molecule is O=C1CN(P)C/C1=C\NPP. The smallest absolute Gasteiger partial charge is 0.175 e. The summed E-state index contributed by atoms with van der Waals surface area (Å²) in [6, 6.07) is 0. The summed E-state index contributed by atoms with van der Waals surface area (Å²) in [5, 5.41) is 3.01. The van der Waals surface area contributed by atoms with Gasteiger partial charge in [-0.15, -0.1) is 0 Å². The largest absolute Gasteiger partial charge is 0.369 e. The molecule has 3 unspecified atom stereocenters. The van der Waals surface area contributed by atoms with E-state index in [0.717, 1.165) is 12.1 Å². The van der Waals surface area contributed by atoms with E-state index in [9.17, 15) is 4.79 Å². The molecule has 0 aliphatic carbocycles. The van der Waals surface area contributed by atoms with Crippen LogP contribution in [0.1, 0.15) is 0 Å². The second kappa shape index (κ2) is 4.48. The first-order chi connectivity index (χ1) is 5.24. The zero-order chi connectivity index (χ0) is 8.27. The van der Waals surface area contributed by atoms with Crippen molar-refractivity contribution < 1.29 is 4.79 Å². The molecule has 1 heterocycles. The lowest BCUT2D eigenvalue weighted by Crippen LogP contribution is -2.05. The standard InChI is InChI=1S/C5H11N2OP3/c8-5-3-7(9)2-4(5)1-6-11-10/h1,6,11H,2-3,9-10H2/b4-1+. The predicted molar refractivity (Wildman–Crippen MR) is 55.5 cm³/mol. The van der Waals surface area contributed by atoms with Crippen molar-refractivity contribution in [3.05, 3.63) is 11.8 Å². The van der Waals surface area contributed by atoms with E-state index in [-0.39, 0.29) is 5.78 Å². The maximum Gasteiger partial charge on any atom is 0.175 e. The molecule has 1 aliphatic rings. The molecule has 0 amide bonds. The number of ketones is 1. The number of Topliss-reactive ketones (excluding diaryl/α,β-unsaturated/α-hetero) is 1. The maximum atomic E-state index is 11.1. The van der Waals surface area contributed by atoms with Crippen molar-refractivity contribution in [2.75, 3.05) is 13.1 Å². The summed E-state index contributed by atoms with van der Waals surface area (Å²) in [5.74, 6) is 0.218. The average molecular weight is 208 g/mol. The summed E-state index contributed by atoms with van der Waals surface area (Å²) in [7, 11) is 5.67. The summed E-state index contributed by atoms with van der Waals surface area (Å²) in [4.78, 5) is 11.1. The Labute approximate surface area is 72.6 Å². The van der Waals surface area contributed by atoms with Crippen LogP contribution in [0.15, 0.2) is 11.8 Å². The van der Waals surface area contributed by atoms with Crippen molar-refractivity contribution in [1.29, 1.82) is 0 Å². The Bertz CT molecular complexity index is 194. The first kappa shape index (κ1) is 9.55. The van der Waals surface area contributed by atoms with E-state index in [4.69, 9.17) is 0 Å². The number of carbonyl (C=O) groups is 1. The van der Waals surface area contributed by atoms with Gasteiger partial charge in [-0.1, -0.05) is 18.3 Å². The molecule has 6 heteroatoms. The zero-order valence-corrected chi connectivity index (χ0v) is 9.31. The van der Waals surface area contributed by atoms with Gasteiger partial charge in [0.2, 0.25) is 0 Å². The van der Waals surface area contributed by atoms with Crippen molar-refractivity contribution in [2.45, 2.75) is 0 Å². The maximum absolute atomic E-state index is 11.1. The van der Waals surface area contributed by atoms with Gasteiger partial charge in [0.05, 0.1) is 6.54 Å². The van der Waals surface area contributed by atoms with Crippen LogP contribution >= 0.6 is 26.7 Å². The minimum atomic E-state index is 0.218. The zero-order valence-electron chi connectivity index (χ0n) is 6.00. The van der Waals surface area contributed by atoms with Gasteiger partial charge in [0.25, 0.3) is 0 Å². The van der Waals surface area contributed by atoms with Crippen molar-refractivity contribution in [2.24, 2.45) is 0 Å². The fourth-order valence-electron chi connectivity index (χ4n) is 0.904. The van der Waals surface area contributed by atoms with Crippen molar-refractivity contribution in [1.82, 2.24) is 9.76 Å². The highest BCUT2D eigenvalue weighted by molar-refractivity contribution is 8.01. The van der Waals surface area contributed by atoms with Crippen LogP contribution in [0, 0.1) is 0 Å². The van der Waals surface area contributed by atoms with Gasteiger partial charge in [-0.25, -0.2) is 0 Å². The highest BCUT2D eigenvalue weighted by atomic mass is 32.0. The number of rotatable bonds is 2. The summed E-state index contributed by atoms with van der Waals surface area (Å²) in [6.45, 7) is 1.27. The first-order valence-corrected chi connectivity index (χ1v) is 6.49. The third-order valence-electron chi connectivity index (χ3n) is 1.41. The molecule has 0 bridgehead atoms. The molecule has 0 spiro atoms. The van der Waals surface area contributed by atoms with E-state index in [0.29, 0.717) is 15.0 Å². The van der Waals surface area contributed by atoms with Crippen LogP contribution in [0.25, 0.3) is 0 Å². The van der Waals surface area contributed by atoms with Crippen LogP contribution < -0.4 is 5.09 Å². The molecule has 1 aliphatic heterocycles. The molecule has 1 N–H and O–H groups in total. The lowest BCUT2D eigenvalue weighted by Gasteiger charge is -2.00. The molecule has 0 aromatic heterocycles. The minimum Gasteiger partial charge on any atom is -0.369 e. The average Bonchev–Trinajstić information content (AvgIpc) is 2.26. The van der Waals surface area contributed by atoms with Crippen LogP contribution in [-0.2, 0) is 4.79 Å². The molecule has 62 valence electrons. The topological polar surface area (TPSA) is 32.3 Å². The van der Waals surface area contributed by atoms with Crippen molar-refractivity contribution in [3.8, 4) is 0 Å². The highest BCUT2D eigenvalue weighted by Gasteiger charge is 2.21. The summed E-state index contributed by atoms with van der Waals surface area (Å²) >= 11 is 0. The Balaban J connectivity index is 2.52. The van der Waals surface area contributed by atoms with Crippen LogP contribution in [0.2, 0.25) is 0 Å². The highest BCUT2D eigenvalue weighted by Crippen LogP contribution is 2.17. The van der Waals surface area contributed by atoms with E-state index in [1.54, 1.807) is 6.20 Å². The quantitative estimate of drug-likeness (QED) is 0.530. The second-order valence-corrected chi connectivity index (χ2v) is 4.46. The fourth-order valence-corrected chi connectivity index (χ4v) is 1.77. The molecule has 0 radical (unpaired) electrons. The number of carbonyl (C=O) groups excluding carboxylic acids is 1. The number of nitrogens with zero attached hydrogens (tertiary/aromatic N) is 1. The molecule has 1 saturated heterocycles. The number of nitrogens with one attached hydrogen (secondary N) is 1. The lowest BCUT2D eigenvalue weighted by molar-refractivity contribution is -0.114. The molecule has 1 rings (SSSR count). The Kier molecular flexibility index (Phi) is 3.89. The van der Waals surface area contributed by atoms with E-state index in [1.165, 1.54) is 0 Å². The molecule has 0 saturated carbocycles. The van der Waals surface area contributed by atoms with Gasteiger partial charge < -0.3 is 5.09 Å². The van der Waals surface area contributed by atoms with Crippen molar-refractivity contribution in [3.63, 3.8) is 0 Å². The van der Waals surface area contributed by atoms with E-state index in [1.807, 2.05) is 4.67 Å². The van der Waals surface area contributed by atoms with Crippen LogP contribution in [0.3, 0.4) is 0 Å². The fraction of sp³-hybridized carbons (Fsp3) is 0.400. The molecular weight excluding hydrogens is 197 g/mol. The van der Waals surface area contributed by atoms with Gasteiger partial charge in [-0.3, -0.25) is 9.46 Å². The molecular formula is C5H11N2OP3. The van der Waals surface area contributed by atoms with E-state index >= 15 is 0 Å². The minimum absolute atomic E-state index is 0.218. The lowest BCUT2D eigenvalue weighted by atomic mass is 10.2. The Hall–Kier alpha value is 0.460. The van der Waals surface area contributed by atoms with E-state index < -0.39 is 0 Å². The second-order valence-electron chi connectivity index (χ2n) is 2.29. The predicted octanol–water partition coefficient (Wildman–Crippen LogP) is 0.518. The van der Waals surface area contributed by atoms with E-state index in [2.05, 4.69) is 23.4 Å². The van der Waals surface area contributed by atoms with Crippen LogP contribution in [0.4, 0.5) is 0 Å². The molecule has 3 nitrogen and oxygen atoms in total. The van der Waals surface area contributed by atoms with Crippen molar-refractivity contribution >= 4 is 32.5 Å². The third-order valence-corrected chi connectivity index (χ3v) is 2.58. The molecule has 1 fully saturated rings. The van der Waals surface area contributed by atoms with Gasteiger partial charge >= 0.3 is 0 Å². The van der Waals surface area contributed by atoms with Crippen LogP contribution in [0.5, 0.6) is 0 Å². The Morgan fingerprint density at radius 3 is 2.82 bits per heavy atom. The molecule has 11 heavy (non-hydrogen) atoms. The van der Waals surface area contributed by atoms with Gasteiger partial charge in [0.15, 0.2) is 5.78 Å². The molecule has 3 atom stereocenters. The summed E-state index contributed by atoms with van der Waals surface area (Å²) < 4.78 is 1.92. The number of hydrogen-bond donors (Lipinski definition) is 1. The van der Waals surface area contributed by atoms with Gasteiger partial charge in [-0.05, 0) is 8.42 Å². The molecule has 0 aromatic carbocycles. The van der Waals surface area contributed by atoms with Gasteiger partial charge in [0, 0.05) is 18.3 Å². The Morgan fingerprint density at radius 1 is 1.64 bits per heavy atom. The first-order valence-electron chi connectivity index (χ1n) is 3.17. The summed E-state index contributed by atoms with van der Waals surface area (Å²) in [6.07, 6.45) is 1.80. The normalized spacial score (nSPS) is 24.2. The third kappa shape index (κ3) is 2.76. The monoisotopic (exact) mass is 208 g/mol. The van der Waals surface area contributed by atoms with Crippen LogP contribution in [-0.4, -0.2) is 23.5 Å². The van der Waals surface area contributed by atoms with Gasteiger partial charge in [0.1, 0.15) is 0 Å². The summed E-state index contributed by atoms with van der Waals surface area (Å²) in [5.41, 5.74) is 0.870. The van der Waals surface area contributed by atoms with Gasteiger partial charge in [-0.2, -0.15) is 0 Å². The molecule has 0 aromatic rings. The Morgan fingerprint density at radius 2 is 2.36 bits per heavy atom. The number of hydrogen-bond acceptors (Lipinski definition) is 3.